The molecule has 2 aromatic rings. The Morgan fingerprint density at radius 2 is 1.96 bits per heavy atom. The third-order valence-electron chi connectivity index (χ3n) is 4.77. The number of aliphatic imine (C=N–C) groups is 1. The number of anilines is 1. The molecule has 0 unspecified atom stereocenters. The largest absolute Gasteiger partial charge is 0.348 e. The third-order valence-corrected chi connectivity index (χ3v) is 7.91. The van der Waals surface area contributed by atoms with Crippen molar-refractivity contribution in [2.45, 2.75) is 24.8 Å². The van der Waals surface area contributed by atoms with Crippen LogP contribution in [0.4, 0.5) is 5.69 Å². The lowest BCUT2D eigenvalue weighted by Crippen LogP contribution is -2.23. The van der Waals surface area contributed by atoms with Crippen molar-refractivity contribution in [2.75, 3.05) is 16.8 Å². The van der Waals surface area contributed by atoms with Gasteiger partial charge in [-0.3, -0.25) is 9.79 Å². The molecule has 2 aliphatic rings. The van der Waals surface area contributed by atoms with Gasteiger partial charge < -0.3 is 10.6 Å². The summed E-state index contributed by atoms with van der Waals surface area (Å²) in [5, 5.41) is 6.84. The summed E-state index contributed by atoms with van der Waals surface area (Å²) in [7, 11) is -2.96. The Morgan fingerprint density at radius 3 is 2.71 bits per heavy atom. The second-order valence-corrected chi connectivity index (χ2v) is 10.5. The number of nitrogens with one attached hydrogen (secondary N) is 2. The number of amides is 1. The molecule has 2 N–H and O–H groups in total. The van der Waals surface area contributed by atoms with Gasteiger partial charge >= 0.3 is 0 Å². The first kappa shape index (κ1) is 19.0. The van der Waals surface area contributed by atoms with Crippen LogP contribution < -0.4 is 10.6 Å². The summed E-state index contributed by atoms with van der Waals surface area (Å²) in [4.78, 5) is 17.0. The number of carbonyl (C=O) groups excluding carboxylic acids is 1. The third kappa shape index (κ3) is 4.39. The maximum absolute atomic E-state index is 12.5. The first-order valence-electron chi connectivity index (χ1n) is 9.04. The Kier molecular flexibility index (Phi) is 5.16. The minimum atomic E-state index is -2.96. The second kappa shape index (κ2) is 7.60. The van der Waals surface area contributed by atoms with E-state index in [1.807, 2.05) is 43.3 Å². The molecule has 0 aliphatic carbocycles. The Labute approximate surface area is 168 Å². The van der Waals surface area contributed by atoms with Gasteiger partial charge in [0.05, 0.1) is 17.5 Å². The Hall–Kier alpha value is -2.32. The van der Waals surface area contributed by atoms with Gasteiger partial charge in [-0.25, -0.2) is 8.42 Å². The van der Waals surface area contributed by atoms with E-state index in [4.69, 9.17) is 0 Å². The van der Waals surface area contributed by atoms with E-state index < -0.39 is 9.84 Å². The van der Waals surface area contributed by atoms with Crippen molar-refractivity contribution < 1.29 is 13.2 Å². The van der Waals surface area contributed by atoms with Crippen LogP contribution in [0, 0.1) is 6.92 Å². The molecule has 2 aromatic carbocycles. The van der Waals surface area contributed by atoms with Crippen LogP contribution in [0.5, 0.6) is 0 Å². The predicted octanol–water partition coefficient (Wildman–Crippen LogP) is 2.61. The maximum Gasteiger partial charge on any atom is 0.251 e. The summed E-state index contributed by atoms with van der Waals surface area (Å²) < 4.78 is 23.3. The Bertz CT molecular complexity index is 1030. The fourth-order valence-electron chi connectivity index (χ4n) is 3.27. The van der Waals surface area contributed by atoms with Gasteiger partial charge in [0.1, 0.15) is 0 Å². The van der Waals surface area contributed by atoms with E-state index >= 15 is 0 Å². The Morgan fingerprint density at radius 1 is 1.18 bits per heavy atom. The van der Waals surface area contributed by atoms with Gasteiger partial charge in [0.25, 0.3) is 5.91 Å². The molecule has 0 saturated carbocycles. The van der Waals surface area contributed by atoms with Gasteiger partial charge in [0.15, 0.2) is 15.0 Å². The second-order valence-electron chi connectivity index (χ2n) is 7.11. The molecular weight excluding hydrogens is 394 g/mol. The molecule has 1 fully saturated rings. The molecular formula is C20H21N3O3S2. The van der Waals surface area contributed by atoms with Crippen LogP contribution in [0.2, 0.25) is 0 Å². The molecule has 2 atom stereocenters. The minimum absolute atomic E-state index is 0.00603. The number of hydrogen-bond acceptors (Lipinski definition) is 6. The SMILES string of the molecule is Cc1ccc(CNC(=O)c2cccc(NC3=N[C@@H]4CS(=O)(=O)C[C@H]4S3)c2)cc1. The highest BCUT2D eigenvalue weighted by atomic mass is 32.2. The van der Waals surface area contributed by atoms with Crippen LogP contribution in [0.25, 0.3) is 0 Å². The van der Waals surface area contributed by atoms with Crippen LogP contribution >= 0.6 is 11.8 Å². The van der Waals surface area contributed by atoms with Crippen LogP contribution in [-0.4, -0.2) is 42.3 Å². The van der Waals surface area contributed by atoms with E-state index in [9.17, 15) is 13.2 Å². The molecule has 2 aliphatic heterocycles. The highest BCUT2D eigenvalue weighted by Gasteiger charge is 2.42. The van der Waals surface area contributed by atoms with Crippen molar-refractivity contribution in [1.82, 2.24) is 5.32 Å². The van der Waals surface area contributed by atoms with Crippen molar-refractivity contribution in [1.29, 1.82) is 0 Å². The number of fused-ring (bicyclic) bond motifs is 1. The molecule has 1 saturated heterocycles. The van der Waals surface area contributed by atoms with E-state index in [-0.39, 0.29) is 28.7 Å². The van der Waals surface area contributed by atoms with Gasteiger partial charge in [0, 0.05) is 23.0 Å². The van der Waals surface area contributed by atoms with Gasteiger partial charge in [-0.2, -0.15) is 0 Å². The van der Waals surface area contributed by atoms with Crippen molar-refractivity contribution in [3.05, 3.63) is 65.2 Å². The molecule has 1 amide bonds. The van der Waals surface area contributed by atoms with Crippen molar-refractivity contribution in [3.63, 3.8) is 0 Å². The first-order chi connectivity index (χ1) is 13.4. The number of amidine groups is 1. The zero-order valence-corrected chi connectivity index (χ0v) is 17.0. The average Bonchev–Trinajstić information content (AvgIpc) is 3.13. The van der Waals surface area contributed by atoms with Gasteiger partial charge in [-0.1, -0.05) is 47.7 Å². The summed E-state index contributed by atoms with van der Waals surface area (Å²) in [6, 6.07) is 15.1. The van der Waals surface area contributed by atoms with E-state index in [2.05, 4.69) is 15.6 Å². The predicted molar refractivity (Wildman–Crippen MR) is 114 cm³/mol. The highest BCUT2D eigenvalue weighted by Crippen LogP contribution is 2.34. The first-order valence-corrected chi connectivity index (χ1v) is 11.7. The summed E-state index contributed by atoms with van der Waals surface area (Å²) in [6.07, 6.45) is 0. The van der Waals surface area contributed by atoms with E-state index in [1.165, 1.54) is 17.3 Å². The molecule has 28 heavy (non-hydrogen) atoms. The van der Waals surface area contributed by atoms with E-state index in [1.54, 1.807) is 12.1 Å². The number of rotatable bonds is 4. The number of benzene rings is 2. The van der Waals surface area contributed by atoms with E-state index in [0.717, 1.165) is 11.3 Å². The maximum atomic E-state index is 12.5. The summed E-state index contributed by atoms with van der Waals surface area (Å²) >= 11 is 1.46. The lowest BCUT2D eigenvalue weighted by atomic mass is 10.1. The molecule has 0 bridgehead atoms. The fourth-order valence-corrected chi connectivity index (χ4v) is 6.94. The number of aryl methyl sites for hydroxylation is 1. The number of carbonyl (C=O) groups is 1. The Balaban J connectivity index is 1.38. The van der Waals surface area contributed by atoms with Gasteiger partial charge in [-0.05, 0) is 30.7 Å². The number of thioether (sulfide) groups is 1. The lowest BCUT2D eigenvalue weighted by molar-refractivity contribution is 0.0951. The van der Waals surface area contributed by atoms with Crippen LogP contribution in [0.15, 0.2) is 53.5 Å². The normalized spacial score (nSPS) is 22.4. The minimum Gasteiger partial charge on any atom is -0.348 e. The zero-order valence-electron chi connectivity index (χ0n) is 15.4. The summed E-state index contributed by atoms with van der Waals surface area (Å²) in [5.41, 5.74) is 3.55. The van der Waals surface area contributed by atoms with Crippen LogP contribution in [0.3, 0.4) is 0 Å². The molecule has 0 aromatic heterocycles. The van der Waals surface area contributed by atoms with Crippen molar-refractivity contribution in [3.8, 4) is 0 Å². The van der Waals surface area contributed by atoms with Crippen molar-refractivity contribution in [2.24, 2.45) is 4.99 Å². The summed E-state index contributed by atoms with van der Waals surface area (Å²) in [5.74, 6) is 0.156. The quantitative estimate of drug-likeness (QED) is 0.802. The highest BCUT2D eigenvalue weighted by molar-refractivity contribution is 8.15. The lowest BCUT2D eigenvalue weighted by Gasteiger charge is -2.09. The number of hydrogen-bond donors (Lipinski definition) is 2. The smallest absolute Gasteiger partial charge is 0.251 e. The molecule has 6 nitrogen and oxygen atoms in total. The number of sulfone groups is 1. The molecule has 146 valence electrons. The summed E-state index contributed by atoms with van der Waals surface area (Å²) in [6.45, 7) is 2.50. The van der Waals surface area contributed by atoms with Crippen LogP contribution in [-0.2, 0) is 16.4 Å². The molecule has 4 rings (SSSR count). The average molecular weight is 416 g/mol. The van der Waals surface area contributed by atoms with E-state index in [0.29, 0.717) is 17.3 Å². The monoisotopic (exact) mass is 415 g/mol. The molecule has 0 spiro atoms. The number of nitrogens with zero attached hydrogens (tertiary/aromatic N) is 1. The molecule has 2 heterocycles. The van der Waals surface area contributed by atoms with Crippen LogP contribution in [0.1, 0.15) is 21.5 Å². The standard InChI is InChI=1S/C20H21N3O3S2/c1-13-5-7-14(8-6-13)10-21-19(24)15-3-2-4-16(9-15)22-20-23-17-11-28(25,26)12-18(17)27-20/h2-9,17-18H,10-12H2,1H3,(H,21,24)(H,22,23)/t17-,18-/m1/s1. The fraction of sp³-hybridized carbons (Fsp3) is 0.300. The topological polar surface area (TPSA) is 87.6 Å². The molecule has 0 radical (unpaired) electrons. The van der Waals surface area contributed by atoms with Gasteiger partial charge in [0.2, 0.25) is 0 Å². The van der Waals surface area contributed by atoms with Crippen molar-refractivity contribution >= 4 is 38.4 Å². The zero-order chi connectivity index (χ0) is 19.7. The molecule has 8 heteroatoms. The van der Waals surface area contributed by atoms with Gasteiger partial charge in [-0.15, -0.1) is 0 Å².